The molecule has 0 amide bonds. The first-order chi connectivity index (χ1) is 9.11. The maximum atomic E-state index is 6.04. The zero-order chi connectivity index (χ0) is 13.9. The van der Waals surface area contributed by atoms with Crippen LogP contribution in [0, 0.1) is 11.3 Å². The van der Waals surface area contributed by atoms with E-state index in [1.807, 2.05) is 0 Å². The van der Waals surface area contributed by atoms with E-state index < -0.39 is 0 Å². The molecule has 1 aliphatic rings. The SMILES string of the molecule is CCc1ccc(C(NC)C2(CC(C)C)CCCC2)o1. The lowest BCUT2D eigenvalue weighted by Crippen LogP contribution is -2.35. The van der Waals surface area contributed by atoms with Crippen LogP contribution in [0.25, 0.3) is 0 Å². The Morgan fingerprint density at radius 3 is 2.42 bits per heavy atom. The zero-order valence-corrected chi connectivity index (χ0v) is 13.0. The predicted molar refractivity (Wildman–Crippen MR) is 80.2 cm³/mol. The summed E-state index contributed by atoms with van der Waals surface area (Å²) in [6, 6.07) is 4.69. The average molecular weight is 263 g/mol. The fraction of sp³-hybridized carbons (Fsp3) is 0.765. The third-order valence-corrected chi connectivity index (χ3v) is 4.63. The van der Waals surface area contributed by atoms with E-state index in [1.54, 1.807) is 0 Å². The van der Waals surface area contributed by atoms with Gasteiger partial charge in [-0.2, -0.15) is 0 Å². The van der Waals surface area contributed by atoms with E-state index in [4.69, 9.17) is 4.42 Å². The maximum Gasteiger partial charge on any atom is 0.121 e. The van der Waals surface area contributed by atoms with Gasteiger partial charge in [-0.25, -0.2) is 0 Å². The Labute approximate surface area is 118 Å². The first-order valence-electron chi connectivity index (χ1n) is 7.87. The monoisotopic (exact) mass is 263 g/mol. The summed E-state index contributed by atoms with van der Waals surface area (Å²) in [6.07, 6.45) is 7.67. The molecule has 1 saturated carbocycles. The summed E-state index contributed by atoms with van der Waals surface area (Å²) < 4.78 is 6.04. The van der Waals surface area contributed by atoms with Gasteiger partial charge in [0.1, 0.15) is 11.5 Å². The van der Waals surface area contributed by atoms with Gasteiger partial charge in [0.15, 0.2) is 0 Å². The molecule has 0 aliphatic heterocycles. The van der Waals surface area contributed by atoms with Gasteiger partial charge in [-0.3, -0.25) is 0 Å². The average Bonchev–Trinajstić information content (AvgIpc) is 2.99. The molecule has 0 aromatic carbocycles. The van der Waals surface area contributed by atoms with Crippen LogP contribution in [-0.2, 0) is 6.42 Å². The Kier molecular flexibility index (Phi) is 4.72. The molecule has 108 valence electrons. The van der Waals surface area contributed by atoms with Crippen molar-refractivity contribution in [2.75, 3.05) is 7.05 Å². The third kappa shape index (κ3) is 3.05. The van der Waals surface area contributed by atoms with Crippen molar-refractivity contribution in [2.45, 2.75) is 65.3 Å². The van der Waals surface area contributed by atoms with Crippen molar-refractivity contribution in [3.63, 3.8) is 0 Å². The Morgan fingerprint density at radius 1 is 1.26 bits per heavy atom. The van der Waals surface area contributed by atoms with E-state index >= 15 is 0 Å². The van der Waals surface area contributed by atoms with E-state index in [9.17, 15) is 0 Å². The second-order valence-corrected chi connectivity index (χ2v) is 6.55. The summed E-state index contributed by atoms with van der Waals surface area (Å²) in [4.78, 5) is 0. The second kappa shape index (κ2) is 6.13. The molecule has 0 bridgehead atoms. The highest BCUT2D eigenvalue weighted by Crippen LogP contribution is 2.51. The zero-order valence-electron chi connectivity index (χ0n) is 13.0. The van der Waals surface area contributed by atoms with Crippen molar-refractivity contribution >= 4 is 0 Å². The summed E-state index contributed by atoms with van der Waals surface area (Å²) in [6.45, 7) is 6.83. The second-order valence-electron chi connectivity index (χ2n) is 6.55. The van der Waals surface area contributed by atoms with Gasteiger partial charge in [0, 0.05) is 6.42 Å². The van der Waals surface area contributed by atoms with Gasteiger partial charge in [0.05, 0.1) is 6.04 Å². The van der Waals surface area contributed by atoms with Gasteiger partial charge < -0.3 is 9.73 Å². The Morgan fingerprint density at radius 2 is 1.95 bits per heavy atom. The molecule has 1 unspecified atom stereocenters. The van der Waals surface area contributed by atoms with Crippen molar-refractivity contribution in [1.29, 1.82) is 0 Å². The van der Waals surface area contributed by atoms with Crippen LogP contribution in [0.15, 0.2) is 16.5 Å². The van der Waals surface area contributed by atoms with Crippen molar-refractivity contribution < 1.29 is 4.42 Å². The summed E-state index contributed by atoms with van der Waals surface area (Å²) >= 11 is 0. The lowest BCUT2D eigenvalue weighted by molar-refractivity contribution is 0.143. The number of rotatable bonds is 6. The molecule has 1 heterocycles. The largest absolute Gasteiger partial charge is 0.464 e. The van der Waals surface area contributed by atoms with Crippen molar-refractivity contribution in [3.05, 3.63) is 23.7 Å². The molecular formula is C17H29NO. The van der Waals surface area contributed by atoms with Crippen LogP contribution in [0.2, 0.25) is 0 Å². The number of hydrogen-bond donors (Lipinski definition) is 1. The standard InChI is InChI=1S/C17H29NO/c1-5-14-8-9-15(19-14)16(18-4)17(12-13(2)3)10-6-7-11-17/h8-9,13,16,18H,5-7,10-12H2,1-4H3. The summed E-state index contributed by atoms with van der Waals surface area (Å²) in [5.41, 5.74) is 0.395. The van der Waals surface area contributed by atoms with E-state index in [2.05, 4.69) is 45.3 Å². The van der Waals surface area contributed by atoms with Crippen LogP contribution in [0.3, 0.4) is 0 Å². The van der Waals surface area contributed by atoms with Crippen LogP contribution in [0.1, 0.15) is 70.4 Å². The molecule has 1 aromatic heterocycles. The molecule has 1 fully saturated rings. The van der Waals surface area contributed by atoms with Crippen LogP contribution >= 0.6 is 0 Å². The van der Waals surface area contributed by atoms with Crippen LogP contribution in [0.5, 0.6) is 0 Å². The van der Waals surface area contributed by atoms with E-state index in [1.165, 1.54) is 32.1 Å². The Hall–Kier alpha value is -0.760. The molecule has 1 atom stereocenters. The Balaban J connectivity index is 2.26. The van der Waals surface area contributed by atoms with Gasteiger partial charge in [-0.15, -0.1) is 0 Å². The quantitative estimate of drug-likeness (QED) is 0.804. The van der Waals surface area contributed by atoms with Gasteiger partial charge in [-0.05, 0) is 49.8 Å². The fourth-order valence-electron chi connectivity index (χ4n) is 3.99. The molecule has 0 radical (unpaired) electrons. The number of aryl methyl sites for hydroxylation is 1. The number of hydrogen-bond acceptors (Lipinski definition) is 2. The van der Waals surface area contributed by atoms with Crippen LogP contribution < -0.4 is 5.32 Å². The van der Waals surface area contributed by atoms with E-state index in [0.717, 1.165) is 23.9 Å². The molecule has 19 heavy (non-hydrogen) atoms. The normalized spacial score (nSPS) is 20.1. The van der Waals surface area contributed by atoms with Crippen LogP contribution in [-0.4, -0.2) is 7.05 Å². The first kappa shape index (κ1) is 14.6. The molecule has 1 aliphatic carbocycles. The molecule has 0 saturated heterocycles. The summed E-state index contributed by atoms with van der Waals surface area (Å²) in [7, 11) is 2.08. The lowest BCUT2D eigenvalue weighted by Gasteiger charge is -2.38. The molecular weight excluding hydrogens is 234 g/mol. The van der Waals surface area contributed by atoms with Crippen molar-refractivity contribution in [1.82, 2.24) is 5.32 Å². The highest BCUT2D eigenvalue weighted by atomic mass is 16.3. The Bertz CT molecular complexity index is 388. The number of furan rings is 1. The molecule has 2 rings (SSSR count). The highest BCUT2D eigenvalue weighted by molar-refractivity contribution is 5.15. The molecule has 1 N–H and O–H groups in total. The van der Waals surface area contributed by atoms with Gasteiger partial charge in [0.2, 0.25) is 0 Å². The molecule has 1 aromatic rings. The molecule has 2 heteroatoms. The van der Waals surface area contributed by atoms with Gasteiger partial charge in [-0.1, -0.05) is 33.6 Å². The summed E-state index contributed by atoms with van der Waals surface area (Å²) in [5, 5.41) is 3.55. The van der Waals surface area contributed by atoms with E-state index in [-0.39, 0.29) is 0 Å². The lowest BCUT2D eigenvalue weighted by atomic mass is 9.72. The molecule has 0 spiro atoms. The summed E-state index contributed by atoms with van der Waals surface area (Å²) in [5.74, 6) is 2.99. The molecule has 2 nitrogen and oxygen atoms in total. The highest BCUT2D eigenvalue weighted by Gasteiger charge is 2.42. The smallest absolute Gasteiger partial charge is 0.121 e. The predicted octanol–water partition coefficient (Wildman–Crippen LogP) is 4.71. The van der Waals surface area contributed by atoms with Crippen LogP contribution in [0.4, 0.5) is 0 Å². The third-order valence-electron chi connectivity index (χ3n) is 4.63. The van der Waals surface area contributed by atoms with E-state index in [0.29, 0.717) is 11.5 Å². The number of nitrogens with one attached hydrogen (secondary N) is 1. The topological polar surface area (TPSA) is 25.2 Å². The van der Waals surface area contributed by atoms with Crippen molar-refractivity contribution in [3.8, 4) is 0 Å². The minimum Gasteiger partial charge on any atom is -0.464 e. The fourth-order valence-corrected chi connectivity index (χ4v) is 3.99. The van der Waals surface area contributed by atoms with Crippen molar-refractivity contribution in [2.24, 2.45) is 11.3 Å². The van der Waals surface area contributed by atoms with Gasteiger partial charge >= 0.3 is 0 Å². The van der Waals surface area contributed by atoms with Gasteiger partial charge in [0.25, 0.3) is 0 Å². The minimum atomic E-state index is 0.373. The first-order valence-corrected chi connectivity index (χ1v) is 7.87. The minimum absolute atomic E-state index is 0.373. The maximum absolute atomic E-state index is 6.04.